The Hall–Kier alpha value is -1.94. The summed E-state index contributed by atoms with van der Waals surface area (Å²) in [4.78, 5) is 0. The molecule has 4 nitrogen and oxygen atoms in total. The summed E-state index contributed by atoms with van der Waals surface area (Å²) in [6.07, 6.45) is 11.3. The third-order valence-corrected chi connectivity index (χ3v) is 4.05. The third kappa shape index (κ3) is 1.88. The summed E-state index contributed by atoms with van der Waals surface area (Å²) in [5, 5.41) is 3.38. The fourth-order valence-corrected chi connectivity index (χ4v) is 3.09. The molecular weight excluding hydrogens is 236 g/mol. The van der Waals surface area contributed by atoms with Crippen LogP contribution in [0.2, 0.25) is 0 Å². The zero-order valence-corrected chi connectivity index (χ0v) is 11.1. The maximum atomic E-state index is 6.47. The van der Waals surface area contributed by atoms with Gasteiger partial charge in [-0.25, -0.2) is 0 Å². The van der Waals surface area contributed by atoms with E-state index < -0.39 is 0 Å². The van der Waals surface area contributed by atoms with Gasteiger partial charge in [0, 0.05) is 30.1 Å². The maximum Gasteiger partial charge on any atom is 0.0972 e. The molecule has 3 rings (SSSR count). The molecule has 5 N–H and O–H groups in total. The molecule has 0 saturated heterocycles. The molecule has 0 bridgehead atoms. The van der Waals surface area contributed by atoms with Crippen LogP contribution >= 0.6 is 0 Å². The second-order valence-electron chi connectivity index (χ2n) is 5.08. The lowest BCUT2D eigenvalue weighted by molar-refractivity contribution is 0.410. The van der Waals surface area contributed by atoms with Gasteiger partial charge in [0.2, 0.25) is 0 Å². The Kier molecular flexibility index (Phi) is 2.95. The molecule has 2 heterocycles. The third-order valence-electron chi connectivity index (χ3n) is 4.05. The lowest BCUT2D eigenvalue weighted by Crippen LogP contribution is -2.53. The number of nitrogens with zero attached hydrogens (tertiary/aromatic N) is 1. The molecule has 1 aliphatic heterocycles. The van der Waals surface area contributed by atoms with Gasteiger partial charge in [-0.1, -0.05) is 19.1 Å². The highest BCUT2D eigenvalue weighted by molar-refractivity contribution is 5.58. The summed E-state index contributed by atoms with van der Waals surface area (Å²) in [6.45, 7) is 2.10. The molecule has 0 fully saturated rings. The molecule has 0 saturated carbocycles. The maximum absolute atomic E-state index is 6.47. The van der Waals surface area contributed by atoms with Crippen molar-refractivity contribution in [2.75, 3.05) is 0 Å². The molecule has 3 unspecified atom stereocenters. The molecule has 1 aliphatic carbocycles. The summed E-state index contributed by atoms with van der Waals surface area (Å²) in [5.41, 5.74) is 14.9. The summed E-state index contributed by atoms with van der Waals surface area (Å²) >= 11 is 0. The molecule has 0 aromatic carbocycles. The smallest absolute Gasteiger partial charge is 0.0972 e. The number of aromatic nitrogens is 1. The van der Waals surface area contributed by atoms with Crippen LogP contribution < -0.4 is 16.8 Å². The Labute approximate surface area is 113 Å². The van der Waals surface area contributed by atoms with Crippen molar-refractivity contribution in [1.29, 1.82) is 0 Å². The first kappa shape index (κ1) is 12.1. The van der Waals surface area contributed by atoms with Crippen molar-refractivity contribution in [1.82, 2.24) is 9.88 Å². The molecule has 0 amide bonds. The molecule has 0 radical (unpaired) electrons. The second kappa shape index (κ2) is 4.63. The Morgan fingerprint density at radius 1 is 1.32 bits per heavy atom. The summed E-state index contributed by atoms with van der Waals surface area (Å²) in [6, 6.07) is 4.20. The first-order valence-electron chi connectivity index (χ1n) is 6.74. The van der Waals surface area contributed by atoms with Crippen LogP contribution in [0.5, 0.6) is 0 Å². The molecule has 1 aromatic rings. The molecule has 1 aromatic heterocycles. The topological polar surface area (TPSA) is 69.0 Å². The van der Waals surface area contributed by atoms with E-state index in [0.29, 0.717) is 0 Å². The zero-order chi connectivity index (χ0) is 13.4. The van der Waals surface area contributed by atoms with Crippen LogP contribution in [0.15, 0.2) is 54.1 Å². The fraction of sp³-hybridized carbons (Fsp3) is 0.333. The standard InChI is InChI=1S/C15H20N4/c1-2-10-14(16)13-11(18-15(10)17)6-5-7-12(13)19-8-3-4-9-19/h3-9,11,13-14,18H,2,16-17H2,1H3. The van der Waals surface area contributed by atoms with Crippen LogP contribution in [0.3, 0.4) is 0 Å². The Bertz CT molecular complexity index is 551. The predicted octanol–water partition coefficient (Wildman–Crippen LogP) is 1.39. The van der Waals surface area contributed by atoms with E-state index in [1.807, 2.05) is 12.1 Å². The van der Waals surface area contributed by atoms with Crippen LogP contribution in [0.4, 0.5) is 0 Å². The minimum atomic E-state index is -0.0325. The minimum Gasteiger partial charge on any atom is -0.386 e. The van der Waals surface area contributed by atoms with E-state index in [9.17, 15) is 0 Å². The Morgan fingerprint density at radius 2 is 2.05 bits per heavy atom. The van der Waals surface area contributed by atoms with Gasteiger partial charge in [0.05, 0.1) is 11.9 Å². The zero-order valence-electron chi connectivity index (χ0n) is 11.1. The summed E-state index contributed by atoms with van der Waals surface area (Å²) < 4.78 is 2.14. The van der Waals surface area contributed by atoms with Crippen LogP contribution in [0.25, 0.3) is 5.70 Å². The average Bonchev–Trinajstić information content (AvgIpc) is 2.92. The van der Waals surface area contributed by atoms with Gasteiger partial charge in [-0.05, 0) is 30.2 Å². The largest absolute Gasteiger partial charge is 0.386 e. The van der Waals surface area contributed by atoms with E-state index >= 15 is 0 Å². The SMILES string of the molecule is CCC1=C(N)NC2C=CC=C(n3cccc3)C2C1N. The Balaban J connectivity index is 2.02. The van der Waals surface area contributed by atoms with Crippen molar-refractivity contribution in [3.8, 4) is 0 Å². The van der Waals surface area contributed by atoms with Crippen molar-refractivity contribution < 1.29 is 0 Å². The first-order chi connectivity index (χ1) is 9.22. The van der Waals surface area contributed by atoms with Gasteiger partial charge in [0.15, 0.2) is 0 Å². The summed E-state index contributed by atoms with van der Waals surface area (Å²) in [7, 11) is 0. The number of hydrogen-bond acceptors (Lipinski definition) is 3. The molecule has 100 valence electrons. The van der Waals surface area contributed by atoms with Crippen molar-refractivity contribution in [3.63, 3.8) is 0 Å². The number of hydrogen-bond donors (Lipinski definition) is 3. The lowest BCUT2D eigenvalue weighted by Gasteiger charge is -2.41. The molecule has 2 aliphatic rings. The van der Waals surface area contributed by atoms with E-state index in [-0.39, 0.29) is 18.0 Å². The van der Waals surface area contributed by atoms with Crippen molar-refractivity contribution in [3.05, 3.63) is 54.1 Å². The van der Waals surface area contributed by atoms with Gasteiger partial charge >= 0.3 is 0 Å². The molecule has 0 spiro atoms. The minimum absolute atomic E-state index is 0.0325. The van der Waals surface area contributed by atoms with Gasteiger partial charge < -0.3 is 21.4 Å². The van der Waals surface area contributed by atoms with Gasteiger partial charge in [-0.15, -0.1) is 0 Å². The quantitative estimate of drug-likeness (QED) is 0.749. The highest BCUT2D eigenvalue weighted by Gasteiger charge is 2.37. The number of fused-ring (bicyclic) bond motifs is 1. The van der Waals surface area contributed by atoms with Gasteiger partial charge in [-0.2, -0.15) is 0 Å². The number of rotatable bonds is 2. The molecule has 19 heavy (non-hydrogen) atoms. The van der Waals surface area contributed by atoms with E-state index in [1.54, 1.807) is 0 Å². The molecule has 3 atom stereocenters. The van der Waals surface area contributed by atoms with Crippen molar-refractivity contribution in [2.24, 2.45) is 17.4 Å². The number of allylic oxidation sites excluding steroid dienone is 2. The normalized spacial score (nSPS) is 29.8. The highest BCUT2D eigenvalue weighted by atomic mass is 15.1. The van der Waals surface area contributed by atoms with E-state index in [1.165, 1.54) is 5.70 Å². The average molecular weight is 256 g/mol. The predicted molar refractivity (Wildman–Crippen MR) is 77.7 cm³/mol. The monoisotopic (exact) mass is 256 g/mol. The van der Waals surface area contributed by atoms with E-state index in [2.05, 4.69) is 47.4 Å². The lowest BCUT2D eigenvalue weighted by atomic mass is 9.78. The van der Waals surface area contributed by atoms with Crippen molar-refractivity contribution in [2.45, 2.75) is 25.4 Å². The van der Waals surface area contributed by atoms with Crippen LogP contribution in [-0.4, -0.2) is 16.7 Å². The van der Waals surface area contributed by atoms with Crippen LogP contribution in [-0.2, 0) is 0 Å². The van der Waals surface area contributed by atoms with Crippen molar-refractivity contribution >= 4 is 5.70 Å². The van der Waals surface area contributed by atoms with Crippen LogP contribution in [0, 0.1) is 5.92 Å². The number of nitrogens with two attached hydrogens (primary N) is 2. The fourth-order valence-electron chi connectivity index (χ4n) is 3.09. The van der Waals surface area contributed by atoms with Gasteiger partial charge in [0.25, 0.3) is 0 Å². The first-order valence-corrected chi connectivity index (χ1v) is 6.74. The summed E-state index contributed by atoms with van der Waals surface area (Å²) in [5.74, 6) is 0.967. The van der Waals surface area contributed by atoms with Gasteiger partial charge in [0.1, 0.15) is 0 Å². The number of nitrogens with one attached hydrogen (secondary N) is 1. The van der Waals surface area contributed by atoms with E-state index in [0.717, 1.165) is 17.8 Å². The van der Waals surface area contributed by atoms with E-state index in [4.69, 9.17) is 11.5 Å². The second-order valence-corrected chi connectivity index (χ2v) is 5.08. The molecular formula is C15H20N4. The molecule has 4 heteroatoms. The van der Waals surface area contributed by atoms with Crippen LogP contribution in [0.1, 0.15) is 13.3 Å². The highest BCUT2D eigenvalue weighted by Crippen LogP contribution is 2.34. The Morgan fingerprint density at radius 3 is 2.74 bits per heavy atom. The van der Waals surface area contributed by atoms with Gasteiger partial charge in [-0.3, -0.25) is 0 Å².